The number of ether oxygens (including phenoxy) is 1. The van der Waals surface area contributed by atoms with Crippen LogP contribution in [0.5, 0.6) is 5.75 Å². The highest BCUT2D eigenvalue weighted by Crippen LogP contribution is 2.50. The Balaban J connectivity index is 1.47. The average Bonchev–Trinajstić information content (AvgIpc) is 3.63. The number of nitrogens with zero attached hydrogens (tertiary/aromatic N) is 4. The minimum atomic E-state index is -1.32. The predicted octanol–water partition coefficient (Wildman–Crippen LogP) is 5.75. The topological polar surface area (TPSA) is 80.4 Å². The Morgan fingerprint density at radius 1 is 0.947 bits per heavy atom. The summed E-state index contributed by atoms with van der Waals surface area (Å²) >= 11 is 1.35. The molecule has 1 saturated heterocycles. The standard InChI is InChI=1S/C29H24N4O4S/c1-20-27(25(36-30-20)18-13-21-9-5-3-6-10-21)33-26(34)19-38-29(33)32(23-14-16-24(35-2)17-15-23)28(31-37-29)22-11-7-4-8-12-22/h3-18H,19H2,1-2H3/b18-13+. The van der Waals surface area contributed by atoms with Gasteiger partial charge in [-0.3, -0.25) is 9.69 Å². The van der Waals surface area contributed by atoms with Gasteiger partial charge in [0.2, 0.25) is 5.91 Å². The SMILES string of the molecule is COc1ccc(N2C(c3ccccc3)=NOC23SCC(=O)N3c2c(C)noc2/C=C/c2ccccc2)cc1. The van der Waals surface area contributed by atoms with Gasteiger partial charge in [-0.1, -0.05) is 88.8 Å². The van der Waals surface area contributed by atoms with Gasteiger partial charge in [-0.05, 0) is 42.8 Å². The van der Waals surface area contributed by atoms with Gasteiger partial charge in [0, 0.05) is 11.3 Å². The number of amidine groups is 1. The lowest BCUT2D eigenvalue weighted by Gasteiger charge is -2.38. The Bertz CT molecular complexity index is 1520. The van der Waals surface area contributed by atoms with E-state index in [0.717, 1.165) is 22.6 Å². The maximum atomic E-state index is 13.6. The van der Waals surface area contributed by atoms with E-state index in [2.05, 4.69) is 10.3 Å². The molecule has 2 aliphatic rings. The number of aryl methyl sites for hydroxylation is 1. The lowest BCUT2D eigenvalue weighted by molar-refractivity contribution is -0.118. The van der Waals surface area contributed by atoms with Crippen LogP contribution in [0.1, 0.15) is 22.6 Å². The van der Waals surface area contributed by atoms with Crippen LogP contribution in [0.3, 0.4) is 0 Å². The maximum Gasteiger partial charge on any atom is 0.352 e. The van der Waals surface area contributed by atoms with Gasteiger partial charge in [-0.15, -0.1) is 0 Å². The van der Waals surface area contributed by atoms with E-state index >= 15 is 0 Å². The molecule has 2 aliphatic heterocycles. The van der Waals surface area contributed by atoms with Crippen LogP contribution < -0.4 is 14.5 Å². The zero-order valence-electron chi connectivity index (χ0n) is 20.8. The summed E-state index contributed by atoms with van der Waals surface area (Å²) in [5, 5.41) is 7.40. The fourth-order valence-electron chi connectivity index (χ4n) is 4.54. The van der Waals surface area contributed by atoms with Crippen LogP contribution in [0.2, 0.25) is 0 Å². The Hall–Kier alpha value is -4.50. The van der Waals surface area contributed by atoms with Crippen molar-refractivity contribution >= 4 is 47.0 Å². The lowest BCUT2D eigenvalue weighted by Crippen LogP contribution is -2.57. The molecule has 4 aromatic rings. The molecule has 3 aromatic carbocycles. The van der Waals surface area contributed by atoms with Crippen molar-refractivity contribution in [3.63, 3.8) is 0 Å². The van der Waals surface area contributed by atoms with E-state index in [0.29, 0.717) is 23.0 Å². The number of carbonyl (C=O) groups excluding carboxylic acids is 1. The summed E-state index contributed by atoms with van der Waals surface area (Å²) in [6.07, 6.45) is 3.74. The second-order valence-corrected chi connectivity index (χ2v) is 9.81. The van der Waals surface area contributed by atoms with E-state index < -0.39 is 5.18 Å². The first-order valence-corrected chi connectivity index (χ1v) is 13.0. The number of rotatable bonds is 6. The highest BCUT2D eigenvalue weighted by atomic mass is 32.2. The number of carbonyl (C=O) groups is 1. The summed E-state index contributed by atoms with van der Waals surface area (Å²) < 4.78 is 11.1. The van der Waals surface area contributed by atoms with Gasteiger partial charge in [-0.25, -0.2) is 4.90 Å². The molecule has 0 aliphatic carbocycles. The van der Waals surface area contributed by atoms with Gasteiger partial charge in [-0.2, -0.15) is 0 Å². The number of hydrogen-bond donors (Lipinski definition) is 0. The van der Waals surface area contributed by atoms with E-state index in [9.17, 15) is 4.79 Å². The Morgan fingerprint density at radius 3 is 2.37 bits per heavy atom. The van der Waals surface area contributed by atoms with E-state index in [1.54, 1.807) is 12.0 Å². The van der Waals surface area contributed by atoms with Crippen molar-refractivity contribution in [3.8, 4) is 5.75 Å². The third-order valence-corrected chi connectivity index (χ3v) is 7.54. The molecule has 9 heteroatoms. The molecule has 0 N–H and O–H groups in total. The normalized spacial score (nSPS) is 18.9. The molecular weight excluding hydrogens is 500 g/mol. The molecule has 1 atom stereocenters. The minimum Gasteiger partial charge on any atom is -0.497 e. The zero-order valence-corrected chi connectivity index (χ0v) is 21.6. The molecule has 1 aromatic heterocycles. The van der Waals surface area contributed by atoms with Crippen molar-refractivity contribution in [3.05, 3.63) is 108 Å². The van der Waals surface area contributed by atoms with E-state index in [1.807, 2.05) is 109 Å². The summed E-state index contributed by atoms with van der Waals surface area (Å²) in [7, 11) is 1.62. The predicted molar refractivity (Wildman–Crippen MR) is 149 cm³/mol. The van der Waals surface area contributed by atoms with Crippen LogP contribution >= 0.6 is 11.8 Å². The summed E-state index contributed by atoms with van der Waals surface area (Å²) in [6.45, 7) is 1.81. The number of hydrogen-bond acceptors (Lipinski definition) is 8. The molecule has 1 unspecified atom stereocenters. The molecule has 1 amide bonds. The van der Waals surface area contributed by atoms with E-state index in [1.165, 1.54) is 11.8 Å². The number of methoxy groups -OCH3 is 1. The number of oxime groups is 1. The second-order valence-electron chi connectivity index (χ2n) is 8.70. The van der Waals surface area contributed by atoms with Crippen molar-refractivity contribution in [1.29, 1.82) is 0 Å². The zero-order chi connectivity index (χ0) is 26.1. The number of anilines is 2. The second kappa shape index (κ2) is 9.75. The molecule has 0 bridgehead atoms. The lowest BCUT2D eigenvalue weighted by atomic mass is 10.1. The third kappa shape index (κ3) is 4.01. The largest absolute Gasteiger partial charge is 0.497 e. The van der Waals surface area contributed by atoms with Crippen molar-refractivity contribution in [2.75, 3.05) is 22.7 Å². The minimum absolute atomic E-state index is 0.140. The average molecular weight is 525 g/mol. The molecule has 3 heterocycles. The Morgan fingerprint density at radius 2 is 1.66 bits per heavy atom. The van der Waals surface area contributed by atoms with Crippen LogP contribution in [-0.2, 0) is 9.63 Å². The summed E-state index contributed by atoms with van der Waals surface area (Å²) in [4.78, 5) is 23.3. The van der Waals surface area contributed by atoms with Gasteiger partial charge in [0.05, 0.1) is 12.9 Å². The first-order valence-electron chi connectivity index (χ1n) is 12.0. The summed E-state index contributed by atoms with van der Waals surface area (Å²) in [5.41, 5.74) is 3.74. The van der Waals surface area contributed by atoms with Crippen LogP contribution in [0.25, 0.3) is 12.2 Å². The Kier molecular flexibility index (Phi) is 6.13. The van der Waals surface area contributed by atoms with Crippen LogP contribution in [0.15, 0.2) is 94.6 Å². The fraction of sp³-hybridized carbons (Fsp3) is 0.138. The number of amides is 1. The molecule has 1 spiro atoms. The fourth-order valence-corrected chi connectivity index (χ4v) is 5.72. The van der Waals surface area contributed by atoms with Crippen molar-refractivity contribution in [2.24, 2.45) is 5.16 Å². The van der Waals surface area contributed by atoms with Crippen LogP contribution in [-0.4, -0.2) is 34.9 Å². The van der Waals surface area contributed by atoms with Crippen molar-refractivity contribution in [2.45, 2.75) is 12.1 Å². The summed E-state index contributed by atoms with van der Waals surface area (Å²) in [5.74, 6) is 1.80. The van der Waals surface area contributed by atoms with Gasteiger partial charge in [0.15, 0.2) is 11.6 Å². The number of thioether (sulfide) groups is 1. The first kappa shape index (κ1) is 23.9. The molecule has 38 heavy (non-hydrogen) atoms. The molecule has 8 nitrogen and oxygen atoms in total. The molecule has 0 radical (unpaired) electrons. The van der Waals surface area contributed by atoms with Crippen LogP contribution in [0, 0.1) is 6.92 Å². The highest BCUT2D eigenvalue weighted by Gasteiger charge is 2.61. The third-order valence-electron chi connectivity index (χ3n) is 6.33. The number of benzene rings is 3. The Labute approximate surface area is 224 Å². The first-order chi connectivity index (χ1) is 18.6. The molecule has 0 saturated carbocycles. The van der Waals surface area contributed by atoms with Crippen molar-refractivity contribution in [1.82, 2.24) is 5.16 Å². The van der Waals surface area contributed by atoms with E-state index in [-0.39, 0.29) is 11.7 Å². The smallest absolute Gasteiger partial charge is 0.352 e. The molecule has 1 fully saturated rings. The van der Waals surface area contributed by atoms with Crippen LogP contribution in [0.4, 0.5) is 11.4 Å². The monoisotopic (exact) mass is 524 g/mol. The molecule has 6 rings (SSSR count). The summed E-state index contributed by atoms with van der Waals surface area (Å²) in [6, 6.07) is 27.2. The molecular formula is C29H24N4O4S. The highest BCUT2D eigenvalue weighted by molar-refractivity contribution is 8.02. The van der Waals surface area contributed by atoms with E-state index in [4.69, 9.17) is 14.1 Å². The molecule has 190 valence electrons. The van der Waals surface area contributed by atoms with Gasteiger partial charge in [0.25, 0.3) is 0 Å². The quantitative estimate of drug-likeness (QED) is 0.318. The van der Waals surface area contributed by atoms with Crippen molar-refractivity contribution < 1.29 is 18.9 Å². The maximum absolute atomic E-state index is 13.6. The van der Waals surface area contributed by atoms with Gasteiger partial charge >= 0.3 is 5.18 Å². The number of aromatic nitrogens is 1. The van der Waals surface area contributed by atoms with Gasteiger partial charge < -0.3 is 14.1 Å². The van der Waals surface area contributed by atoms with Gasteiger partial charge in [0.1, 0.15) is 17.1 Å².